The smallest absolute Gasteiger partial charge is 0.243 e. The highest BCUT2D eigenvalue weighted by molar-refractivity contribution is 7.89. The maximum Gasteiger partial charge on any atom is 0.243 e. The van der Waals surface area contributed by atoms with Gasteiger partial charge in [0.15, 0.2) is 5.11 Å². The summed E-state index contributed by atoms with van der Waals surface area (Å²) in [7, 11) is -3.42. The summed E-state index contributed by atoms with van der Waals surface area (Å²) in [5.41, 5.74) is 1.01. The minimum atomic E-state index is -3.42. The van der Waals surface area contributed by atoms with Crippen LogP contribution in [0.3, 0.4) is 0 Å². The van der Waals surface area contributed by atoms with Crippen molar-refractivity contribution in [3.8, 4) is 0 Å². The van der Waals surface area contributed by atoms with Crippen molar-refractivity contribution < 1.29 is 8.42 Å². The summed E-state index contributed by atoms with van der Waals surface area (Å²) in [6.45, 7) is 8.95. The van der Waals surface area contributed by atoms with Crippen LogP contribution in [0, 0.1) is 5.92 Å². The van der Waals surface area contributed by atoms with Crippen molar-refractivity contribution in [1.29, 1.82) is 0 Å². The molecule has 0 amide bonds. The van der Waals surface area contributed by atoms with Crippen LogP contribution in [0.1, 0.15) is 65.0 Å². The average molecular weight is 412 g/mol. The normalized spacial score (nSPS) is 21.7. The molecular weight excluding hydrogens is 378 g/mol. The number of sulfonamides is 1. The third kappa shape index (κ3) is 5.65. The second-order valence-corrected chi connectivity index (χ2v) is 9.71. The molecule has 1 fully saturated rings. The number of nitrogens with zero attached hydrogens (tertiary/aromatic N) is 1. The topological polar surface area (TPSA) is 61.4 Å². The summed E-state index contributed by atoms with van der Waals surface area (Å²) in [6.07, 6.45) is 4.97. The largest absolute Gasteiger partial charge is 0.360 e. The van der Waals surface area contributed by atoms with Gasteiger partial charge in [0, 0.05) is 19.1 Å². The molecule has 0 unspecified atom stereocenters. The summed E-state index contributed by atoms with van der Waals surface area (Å²) in [5, 5.41) is 7.45. The van der Waals surface area contributed by atoms with E-state index in [1.807, 2.05) is 32.9 Å². The van der Waals surface area contributed by atoms with Crippen LogP contribution in [0.4, 0.5) is 0 Å². The zero-order chi connectivity index (χ0) is 20.0. The van der Waals surface area contributed by atoms with Gasteiger partial charge in [-0.3, -0.25) is 0 Å². The molecular formula is C20H33N3O2S2. The maximum absolute atomic E-state index is 12.6. The van der Waals surface area contributed by atoms with E-state index in [-0.39, 0.29) is 6.04 Å². The van der Waals surface area contributed by atoms with Gasteiger partial charge in [-0.15, -0.1) is 0 Å². The van der Waals surface area contributed by atoms with Crippen molar-refractivity contribution in [2.75, 3.05) is 13.1 Å². The van der Waals surface area contributed by atoms with Crippen molar-refractivity contribution >= 4 is 27.4 Å². The molecule has 0 saturated heterocycles. The Morgan fingerprint density at radius 1 is 1.19 bits per heavy atom. The van der Waals surface area contributed by atoms with E-state index < -0.39 is 10.0 Å². The summed E-state index contributed by atoms with van der Waals surface area (Å²) >= 11 is 5.49. The molecule has 0 bridgehead atoms. The van der Waals surface area contributed by atoms with Gasteiger partial charge in [-0.2, -0.15) is 4.31 Å². The Balaban J connectivity index is 1.98. The van der Waals surface area contributed by atoms with Crippen LogP contribution in [0.25, 0.3) is 0 Å². The van der Waals surface area contributed by atoms with Crippen LogP contribution < -0.4 is 10.6 Å². The number of thiocarbonyl (C=S) groups is 1. The van der Waals surface area contributed by atoms with Crippen LogP contribution in [-0.4, -0.2) is 37.0 Å². The standard InChI is InChI=1S/C20H33N3O2S2/c1-5-23(6-2)27(24,25)18-13-11-17(12-14-18)16(4)21-20(26)22-19-10-8-7-9-15(19)3/h11-16,19H,5-10H2,1-4H3,(H2,21,22,26)/t15-,16-,19-/m0/s1. The molecule has 1 aromatic rings. The Bertz CT molecular complexity index is 715. The van der Waals surface area contributed by atoms with E-state index in [4.69, 9.17) is 12.2 Å². The van der Waals surface area contributed by atoms with E-state index in [1.54, 1.807) is 12.1 Å². The molecule has 0 heterocycles. The summed E-state index contributed by atoms with van der Waals surface area (Å²) in [5.74, 6) is 0.637. The first-order chi connectivity index (χ1) is 12.8. The Hall–Kier alpha value is -1.18. The molecule has 1 aliphatic rings. The molecule has 0 aromatic heterocycles. The lowest BCUT2D eigenvalue weighted by Crippen LogP contribution is -2.46. The monoisotopic (exact) mass is 411 g/mol. The zero-order valence-corrected chi connectivity index (χ0v) is 18.5. The molecule has 2 N–H and O–H groups in total. The van der Waals surface area contributed by atoms with E-state index in [1.165, 1.54) is 23.6 Å². The van der Waals surface area contributed by atoms with Gasteiger partial charge in [-0.25, -0.2) is 8.42 Å². The SMILES string of the molecule is CCN(CC)S(=O)(=O)c1ccc([C@H](C)NC(=S)N[C@H]2CCCC[C@@H]2C)cc1. The lowest BCUT2D eigenvalue weighted by molar-refractivity contribution is 0.307. The van der Waals surface area contributed by atoms with Gasteiger partial charge in [0.05, 0.1) is 10.9 Å². The molecule has 0 radical (unpaired) electrons. The van der Waals surface area contributed by atoms with E-state index in [0.29, 0.717) is 35.1 Å². The quantitative estimate of drug-likeness (QED) is 0.668. The number of rotatable bonds is 7. The first-order valence-electron chi connectivity index (χ1n) is 9.96. The van der Waals surface area contributed by atoms with Crippen LogP contribution in [0.5, 0.6) is 0 Å². The molecule has 7 heteroatoms. The van der Waals surface area contributed by atoms with Crippen molar-refractivity contribution in [1.82, 2.24) is 14.9 Å². The van der Waals surface area contributed by atoms with Crippen molar-refractivity contribution in [2.45, 2.75) is 70.4 Å². The molecule has 3 atom stereocenters. The highest BCUT2D eigenvalue weighted by Crippen LogP contribution is 2.24. The molecule has 1 aliphatic carbocycles. The van der Waals surface area contributed by atoms with E-state index >= 15 is 0 Å². The minimum Gasteiger partial charge on any atom is -0.360 e. The number of hydrogen-bond donors (Lipinski definition) is 2. The summed E-state index contributed by atoms with van der Waals surface area (Å²) in [6, 6.07) is 7.53. The summed E-state index contributed by atoms with van der Waals surface area (Å²) in [4.78, 5) is 0.332. The van der Waals surface area contributed by atoms with Gasteiger partial charge in [0.25, 0.3) is 0 Å². The van der Waals surface area contributed by atoms with Crippen molar-refractivity contribution in [3.05, 3.63) is 29.8 Å². The van der Waals surface area contributed by atoms with Gasteiger partial charge >= 0.3 is 0 Å². The zero-order valence-electron chi connectivity index (χ0n) is 16.9. The average Bonchev–Trinajstić information content (AvgIpc) is 2.64. The van der Waals surface area contributed by atoms with Crippen LogP contribution in [0.2, 0.25) is 0 Å². The molecule has 0 spiro atoms. The summed E-state index contributed by atoms with van der Waals surface area (Å²) < 4.78 is 26.6. The predicted molar refractivity (Wildman–Crippen MR) is 115 cm³/mol. The van der Waals surface area contributed by atoms with Crippen LogP contribution in [0.15, 0.2) is 29.2 Å². The predicted octanol–water partition coefficient (Wildman–Crippen LogP) is 3.82. The molecule has 5 nitrogen and oxygen atoms in total. The van der Waals surface area contributed by atoms with Crippen LogP contribution in [-0.2, 0) is 10.0 Å². The van der Waals surface area contributed by atoms with Crippen molar-refractivity contribution in [3.63, 3.8) is 0 Å². The Morgan fingerprint density at radius 3 is 2.33 bits per heavy atom. The second kappa shape index (κ2) is 9.85. The molecule has 1 saturated carbocycles. The van der Waals surface area contributed by atoms with Gasteiger partial charge in [0.1, 0.15) is 0 Å². The third-order valence-electron chi connectivity index (χ3n) is 5.50. The lowest BCUT2D eigenvalue weighted by Gasteiger charge is -2.31. The second-order valence-electron chi connectivity index (χ2n) is 7.37. The van der Waals surface area contributed by atoms with Gasteiger partial charge in [-0.05, 0) is 55.6 Å². The lowest BCUT2D eigenvalue weighted by atomic mass is 9.86. The molecule has 27 heavy (non-hydrogen) atoms. The Kier molecular flexibility index (Phi) is 8.06. The molecule has 2 rings (SSSR count). The van der Waals surface area contributed by atoms with Crippen molar-refractivity contribution in [2.24, 2.45) is 5.92 Å². The van der Waals surface area contributed by atoms with E-state index in [0.717, 1.165) is 12.0 Å². The minimum absolute atomic E-state index is 0.00843. The number of nitrogens with one attached hydrogen (secondary N) is 2. The van der Waals surface area contributed by atoms with Crippen LogP contribution >= 0.6 is 12.2 Å². The highest BCUT2D eigenvalue weighted by atomic mass is 32.2. The van der Waals surface area contributed by atoms with E-state index in [2.05, 4.69) is 17.6 Å². The molecule has 152 valence electrons. The van der Waals surface area contributed by atoms with Gasteiger partial charge < -0.3 is 10.6 Å². The van der Waals surface area contributed by atoms with Gasteiger partial charge in [-0.1, -0.05) is 45.7 Å². The van der Waals surface area contributed by atoms with Gasteiger partial charge in [0.2, 0.25) is 10.0 Å². The molecule has 1 aromatic carbocycles. The Labute approximate surface area is 170 Å². The first kappa shape index (κ1) is 22.1. The fraction of sp³-hybridized carbons (Fsp3) is 0.650. The molecule has 0 aliphatic heterocycles. The maximum atomic E-state index is 12.6. The first-order valence-corrected chi connectivity index (χ1v) is 11.8. The number of hydrogen-bond acceptors (Lipinski definition) is 3. The third-order valence-corrected chi connectivity index (χ3v) is 7.80. The highest BCUT2D eigenvalue weighted by Gasteiger charge is 2.23. The fourth-order valence-electron chi connectivity index (χ4n) is 3.66. The Morgan fingerprint density at radius 2 is 1.78 bits per heavy atom. The number of benzene rings is 1. The van der Waals surface area contributed by atoms with E-state index in [9.17, 15) is 8.42 Å². The fourth-order valence-corrected chi connectivity index (χ4v) is 5.45.